The zero-order chi connectivity index (χ0) is 18.8. The molecule has 8 nitrogen and oxygen atoms in total. The molecule has 4 rings (SSSR count). The molecule has 0 aromatic carbocycles. The third kappa shape index (κ3) is 3.80. The van der Waals surface area contributed by atoms with Crippen molar-refractivity contribution in [2.75, 3.05) is 25.1 Å². The van der Waals surface area contributed by atoms with E-state index in [1.54, 1.807) is 24.0 Å². The number of anilines is 1. The zero-order valence-corrected chi connectivity index (χ0v) is 15.5. The Labute approximate surface area is 157 Å². The third-order valence-corrected chi connectivity index (χ3v) is 4.62. The molecule has 0 radical (unpaired) electrons. The first-order valence-corrected chi connectivity index (χ1v) is 9.15. The fourth-order valence-corrected chi connectivity index (χ4v) is 3.30. The maximum absolute atomic E-state index is 12.5. The van der Waals surface area contributed by atoms with Gasteiger partial charge in [0.05, 0.1) is 12.3 Å². The summed E-state index contributed by atoms with van der Waals surface area (Å²) in [6.45, 7) is 4.03. The fraction of sp³-hybridized carbons (Fsp3) is 0.421. The number of ether oxygens (including phenoxy) is 2. The molecule has 142 valence electrons. The van der Waals surface area contributed by atoms with Gasteiger partial charge in [0.15, 0.2) is 5.69 Å². The molecular formula is C19H23N5O3. The number of rotatable bonds is 6. The van der Waals surface area contributed by atoms with Gasteiger partial charge in [0.1, 0.15) is 17.1 Å². The number of amides is 1. The molecule has 1 amide bonds. The largest absolute Gasteiger partial charge is 0.491 e. The Hall–Kier alpha value is -2.87. The second kappa shape index (κ2) is 7.40. The number of hydrogen-bond donors (Lipinski definition) is 1. The van der Waals surface area contributed by atoms with E-state index in [0.717, 1.165) is 37.4 Å². The maximum Gasteiger partial charge on any atom is 0.276 e. The topological polar surface area (TPSA) is 82.7 Å². The van der Waals surface area contributed by atoms with E-state index in [0.29, 0.717) is 29.7 Å². The number of carbonyl (C=O) groups is 1. The normalized spacial score (nSPS) is 16.7. The first kappa shape index (κ1) is 17.5. The first-order valence-electron chi connectivity index (χ1n) is 9.15. The van der Waals surface area contributed by atoms with Crippen molar-refractivity contribution >= 4 is 17.2 Å². The Morgan fingerprint density at radius 2 is 2.33 bits per heavy atom. The zero-order valence-electron chi connectivity index (χ0n) is 15.5. The maximum atomic E-state index is 12.5. The minimum atomic E-state index is -0.278. The van der Waals surface area contributed by atoms with Crippen molar-refractivity contribution in [2.24, 2.45) is 13.0 Å². The lowest BCUT2D eigenvalue weighted by Gasteiger charge is -2.11. The lowest BCUT2D eigenvalue weighted by Crippen LogP contribution is -2.14. The van der Waals surface area contributed by atoms with Crippen LogP contribution >= 0.6 is 0 Å². The fourth-order valence-electron chi connectivity index (χ4n) is 3.30. The summed E-state index contributed by atoms with van der Waals surface area (Å²) in [6, 6.07) is 3.53. The van der Waals surface area contributed by atoms with Gasteiger partial charge in [-0.05, 0) is 31.7 Å². The molecule has 3 aromatic rings. The summed E-state index contributed by atoms with van der Waals surface area (Å²) in [5, 5.41) is 7.03. The molecule has 4 heterocycles. The summed E-state index contributed by atoms with van der Waals surface area (Å²) in [5.74, 6) is 0.833. The van der Waals surface area contributed by atoms with Gasteiger partial charge in [-0.15, -0.1) is 0 Å². The highest BCUT2D eigenvalue weighted by atomic mass is 16.5. The summed E-state index contributed by atoms with van der Waals surface area (Å²) in [4.78, 5) is 17.2. The molecule has 3 aromatic heterocycles. The van der Waals surface area contributed by atoms with Crippen molar-refractivity contribution in [3.63, 3.8) is 0 Å². The number of hydrogen-bond acceptors (Lipinski definition) is 5. The van der Waals surface area contributed by atoms with Crippen LogP contribution in [0.25, 0.3) is 5.65 Å². The molecule has 0 spiro atoms. The highest BCUT2D eigenvalue weighted by Crippen LogP contribution is 2.28. The van der Waals surface area contributed by atoms with E-state index in [2.05, 4.69) is 10.4 Å². The van der Waals surface area contributed by atoms with E-state index in [9.17, 15) is 4.79 Å². The second-order valence-corrected chi connectivity index (χ2v) is 6.74. The predicted molar refractivity (Wildman–Crippen MR) is 100 cm³/mol. The SMILES string of the molecule is CCOc1cc2nc(CC3CCOC3)cn2cc1NC(=O)c1ccn(C)n1. The number of fused-ring (bicyclic) bond motifs is 1. The number of nitrogens with one attached hydrogen (secondary N) is 1. The van der Waals surface area contributed by atoms with Crippen molar-refractivity contribution in [3.8, 4) is 5.75 Å². The van der Waals surface area contributed by atoms with Crippen LogP contribution in [-0.4, -0.2) is 44.9 Å². The van der Waals surface area contributed by atoms with Gasteiger partial charge in [0.2, 0.25) is 0 Å². The van der Waals surface area contributed by atoms with Crippen molar-refractivity contribution in [3.05, 3.63) is 42.1 Å². The number of aromatic nitrogens is 4. The first-order chi connectivity index (χ1) is 13.1. The van der Waals surface area contributed by atoms with Crippen LogP contribution in [0.15, 0.2) is 30.7 Å². The van der Waals surface area contributed by atoms with Gasteiger partial charge >= 0.3 is 0 Å². The summed E-state index contributed by atoms with van der Waals surface area (Å²) in [7, 11) is 1.77. The van der Waals surface area contributed by atoms with E-state index in [1.807, 2.05) is 29.8 Å². The Morgan fingerprint density at radius 1 is 1.44 bits per heavy atom. The molecule has 1 aliphatic rings. The molecule has 27 heavy (non-hydrogen) atoms. The Kier molecular flexibility index (Phi) is 4.81. The molecular weight excluding hydrogens is 346 g/mol. The lowest BCUT2D eigenvalue weighted by molar-refractivity contribution is 0.102. The highest BCUT2D eigenvalue weighted by molar-refractivity contribution is 6.03. The number of aryl methyl sites for hydroxylation is 1. The third-order valence-electron chi connectivity index (χ3n) is 4.62. The quantitative estimate of drug-likeness (QED) is 0.721. The minimum absolute atomic E-state index is 0.278. The van der Waals surface area contributed by atoms with Crippen LogP contribution in [0.4, 0.5) is 5.69 Å². The number of carbonyl (C=O) groups excluding carboxylic acids is 1. The molecule has 0 aliphatic carbocycles. The lowest BCUT2D eigenvalue weighted by atomic mass is 10.0. The summed E-state index contributed by atoms with van der Waals surface area (Å²) >= 11 is 0. The standard InChI is InChI=1S/C19H23N5O3/c1-3-27-17-9-18-20-14(8-13-5-7-26-12-13)10-24(18)11-16(17)21-19(25)15-4-6-23(2)22-15/h4,6,9-11,13H,3,5,7-8,12H2,1-2H3,(H,21,25). The van der Waals surface area contributed by atoms with Crippen LogP contribution in [0.3, 0.4) is 0 Å². The van der Waals surface area contributed by atoms with Gasteiger partial charge in [-0.1, -0.05) is 0 Å². The van der Waals surface area contributed by atoms with Gasteiger partial charge in [-0.3, -0.25) is 9.48 Å². The van der Waals surface area contributed by atoms with Crippen LogP contribution < -0.4 is 10.1 Å². The van der Waals surface area contributed by atoms with E-state index in [-0.39, 0.29) is 5.91 Å². The van der Waals surface area contributed by atoms with E-state index in [1.165, 1.54) is 0 Å². The van der Waals surface area contributed by atoms with Crippen LogP contribution in [-0.2, 0) is 18.2 Å². The smallest absolute Gasteiger partial charge is 0.276 e. The minimum Gasteiger partial charge on any atom is -0.491 e. The van der Waals surface area contributed by atoms with Crippen molar-refractivity contribution in [1.29, 1.82) is 0 Å². The van der Waals surface area contributed by atoms with E-state index in [4.69, 9.17) is 14.5 Å². The van der Waals surface area contributed by atoms with Gasteiger partial charge in [0, 0.05) is 44.9 Å². The van der Waals surface area contributed by atoms with Gasteiger partial charge < -0.3 is 19.2 Å². The van der Waals surface area contributed by atoms with Crippen molar-refractivity contribution in [1.82, 2.24) is 19.2 Å². The molecule has 1 saturated heterocycles. The van der Waals surface area contributed by atoms with Crippen LogP contribution in [0.2, 0.25) is 0 Å². The Morgan fingerprint density at radius 3 is 3.04 bits per heavy atom. The van der Waals surface area contributed by atoms with Crippen LogP contribution in [0.5, 0.6) is 5.75 Å². The van der Waals surface area contributed by atoms with E-state index >= 15 is 0 Å². The molecule has 1 atom stereocenters. The number of pyridine rings is 1. The van der Waals surface area contributed by atoms with Crippen LogP contribution in [0.1, 0.15) is 29.5 Å². The predicted octanol–water partition coefficient (Wildman–Crippen LogP) is 2.30. The van der Waals surface area contributed by atoms with Gasteiger partial charge in [-0.2, -0.15) is 5.10 Å². The monoisotopic (exact) mass is 369 g/mol. The average molecular weight is 369 g/mol. The summed E-state index contributed by atoms with van der Waals surface area (Å²) < 4.78 is 14.7. The second-order valence-electron chi connectivity index (χ2n) is 6.74. The van der Waals surface area contributed by atoms with Crippen molar-refractivity contribution < 1.29 is 14.3 Å². The van der Waals surface area contributed by atoms with Crippen molar-refractivity contribution in [2.45, 2.75) is 19.8 Å². The van der Waals surface area contributed by atoms with E-state index < -0.39 is 0 Å². The molecule has 1 N–H and O–H groups in total. The molecule has 1 unspecified atom stereocenters. The van der Waals surface area contributed by atoms with Gasteiger partial charge in [-0.25, -0.2) is 4.98 Å². The molecule has 1 fully saturated rings. The summed E-state index contributed by atoms with van der Waals surface area (Å²) in [6.07, 6.45) is 7.53. The Bertz CT molecular complexity index is 956. The highest BCUT2D eigenvalue weighted by Gasteiger charge is 2.19. The number of imidazole rings is 1. The Balaban J connectivity index is 1.61. The molecule has 8 heteroatoms. The van der Waals surface area contributed by atoms with Gasteiger partial charge in [0.25, 0.3) is 5.91 Å². The molecule has 0 bridgehead atoms. The number of nitrogens with zero attached hydrogens (tertiary/aromatic N) is 4. The summed E-state index contributed by atoms with van der Waals surface area (Å²) in [5.41, 5.74) is 2.75. The molecule has 0 saturated carbocycles. The van der Waals surface area contributed by atoms with Crippen LogP contribution in [0, 0.1) is 5.92 Å². The average Bonchev–Trinajstić information content (AvgIpc) is 3.37. The molecule has 1 aliphatic heterocycles.